The maximum Gasteiger partial charge on any atom is 0.124 e. The van der Waals surface area contributed by atoms with Crippen LogP contribution in [0.15, 0.2) is 46.4 Å². The first kappa shape index (κ1) is 28.0. The third-order valence-electron chi connectivity index (χ3n) is 7.33. The first-order valence-electron chi connectivity index (χ1n) is 14.3. The van der Waals surface area contributed by atoms with Crippen molar-refractivity contribution in [3.05, 3.63) is 58.7 Å². The second kappa shape index (κ2) is 15.5. The van der Waals surface area contributed by atoms with E-state index in [1.165, 1.54) is 62.5 Å². The van der Waals surface area contributed by atoms with Gasteiger partial charge in [-0.05, 0) is 73.9 Å². The molecule has 1 fully saturated rings. The van der Waals surface area contributed by atoms with Gasteiger partial charge in [0.2, 0.25) is 0 Å². The summed E-state index contributed by atoms with van der Waals surface area (Å²) in [7, 11) is 0. The van der Waals surface area contributed by atoms with E-state index in [1.54, 1.807) is 0 Å². The average molecular weight is 491 g/mol. The molecule has 2 N–H and O–H groups in total. The molecule has 0 heterocycles. The van der Waals surface area contributed by atoms with Crippen LogP contribution in [-0.4, -0.2) is 34.7 Å². The molecule has 0 unspecified atom stereocenters. The summed E-state index contributed by atoms with van der Waals surface area (Å²) in [4.78, 5) is 9.70. The third-order valence-corrected chi connectivity index (χ3v) is 7.33. The van der Waals surface area contributed by atoms with Crippen molar-refractivity contribution in [3.8, 4) is 11.5 Å². The number of nitrogens with zero attached hydrogens (tertiary/aromatic N) is 2. The van der Waals surface area contributed by atoms with Crippen LogP contribution in [0.4, 0.5) is 0 Å². The molecule has 36 heavy (non-hydrogen) atoms. The number of hydrogen-bond donors (Lipinski definition) is 2. The molecule has 0 amide bonds. The van der Waals surface area contributed by atoms with Crippen molar-refractivity contribution < 1.29 is 10.2 Å². The minimum absolute atomic E-state index is 0.100. The van der Waals surface area contributed by atoms with Crippen molar-refractivity contribution in [3.63, 3.8) is 0 Å². The van der Waals surface area contributed by atoms with Crippen molar-refractivity contribution in [2.24, 2.45) is 9.98 Å². The van der Waals surface area contributed by atoms with Crippen LogP contribution in [0.5, 0.6) is 11.5 Å². The number of phenols is 2. The van der Waals surface area contributed by atoms with Crippen molar-refractivity contribution in [1.29, 1.82) is 0 Å². The number of unbranched alkanes of at least 4 members (excludes halogenated alkanes) is 6. The zero-order valence-electron chi connectivity index (χ0n) is 22.5. The summed E-state index contributed by atoms with van der Waals surface area (Å²) in [5, 5.41) is 21.1. The molecule has 1 aliphatic carbocycles. The second-order valence-corrected chi connectivity index (χ2v) is 10.4. The van der Waals surface area contributed by atoms with Crippen molar-refractivity contribution in [1.82, 2.24) is 0 Å². The van der Waals surface area contributed by atoms with Gasteiger partial charge < -0.3 is 10.2 Å². The van der Waals surface area contributed by atoms with E-state index in [0.29, 0.717) is 11.5 Å². The van der Waals surface area contributed by atoms with Crippen LogP contribution in [0.1, 0.15) is 113 Å². The lowest BCUT2D eigenvalue weighted by molar-refractivity contribution is 0.390. The third kappa shape index (κ3) is 9.11. The van der Waals surface area contributed by atoms with Crippen LogP contribution in [0.25, 0.3) is 0 Å². The van der Waals surface area contributed by atoms with Crippen LogP contribution in [-0.2, 0) is 12.8 Å². The van der Waals surface area contributed by atoms with Crippen molar-refractivity contribution in [2.45, 2.75) is 116 Å². The lowest BCUT2D eigenvalue weighted by Gasteiger charge is -2.25. The molecule has 4 nitrogen and oxygen atoms in total. The van der Waals surface area contributed by atoms with Gasteiger partial charge in [0.15, 0.2) is 0 Å². The van der Waals surface area contributed by atoms with E-state index in [-0.39, 0.29) is 12.1 Å². The predicted octanol–water partition coefficient (Wildman–Crippen LogP) is 8.19. The Morgan fingerprint density at radius 1 is 0.667 bits per heavy atom. The standard InChI is InChI=1S/C32H46N2O2/c1-3-5-7-9-13-25-17-19-27(31(35)21-25)23-33-29-15-11-12-16-30(29)34-24-28-20-18-26(22-32(28)36)14-10-8-6-4-2/h17-24,29-30,35-36H,3-16H2,1-2H3/t29-,30+. The van der Waals surface area contributed by atoms with E-state index in [9.17, 15) is 10.2 Å². The quantitative estimate of drug-likeness (QED) is 0.207. The molecule has 0 aromatic heterocycles. The Labute approximate surface area is 218 Å². The molecule has 2 aromatic rings. The van der Waals surface area contributed by atoms with E-state index in [4.69, 9.17) is 9.98 Å². The summed E-state index contributed by atoms with van der Waals surface area (Å²) >= 11 is 0. The summed E-state index contributed by atoms with van der Waals surface area (Å²) in [6, 6.07) is 12.2. The van der Waals surface area contributed by atoms with E-state index in [0.717, 1.165) is 49.7 Å². The second-order valence-electron chi connectivity index (χ2n) is 10.4. The van der Waals surface area contributed by atoms with E-state index < -0.39 is 0 Å². The highest BCUT2D eigenvalue weighted by atomic mass is 16.3. The van der Waals surface area contributed by atoms with Crippen molar-refractivity contribution >= 4 is 12.4 Å². The molecule has 0 saturated heterocycles. The zero-order valence-corrected chi connectivity index (χ0v) is 22.5. The summed E-state index contributed by atoms with van der Waals surface area (Å²) in [6.45, 7) is 4.44. The number of phenolic OH excluding ortho intramolecular Hbond substituents is 2. The summed E-state index contributed by atoms with van der Waals surface area (Å²) in [6.07, 6.45) is 19.8. The molecule has 1 saturated carbocycles. The van der Waals surface area contributed by atoms with Crippen LogP contribution in [0.2, 0.25) is 0 Å². The predicted molar refractivity (Wildman–Crippen MR) is 153 cm³/mol. The van der Waals surface area contributed by atoms with Gasteiger partial charge in [-0.3, -0.25) is 9.98 Å². The van der Waals surface area contributed by atoms with Gasteiger partial charge >= 0.3 is 0 Å². The number of hydrogen-bond acceptors (Lipinski definition) is 4. The SMILES string of the molecule is CCCCCCc1ccc(C=N[C@H]2CCCC[C@H]2N=Cc2ccc(CCCCCC)cc2O)c(O)c1. The molecule has 0 bridgehead atoms. The van der Waals surface area contributed by atoms with Crippen LogP contribution in [0.3, 0.4) is 0 Å². The number of aromatic hydroxyl groups is 2. The highest BCUT2D eigenvalue weighted by Gasteiger charge is 2.23. The molecule has 2 atom stereocenters. The zero-order chi connectivity index (χ0) is 25.6. The molecular formula is C32H46N2O2. The minimum atomic E-state index is 0.100. The largest absolute Gasteiger partial charge is 0.507 e. The summed E-state index contributed by atoms with van der Waals surface area (Å²) < 4.78 is 0. The Morgan fingerprint density at radius 3 is 1.50 bits per heavy atom. The van der Waals surface area contributed by atoms with Crippen molar-refractivity contribution in [2.75, 3.05) is 0 Å². The van der Waals surface area contributed by atoms with Gasteiger partial charge in [0.05, 0.1) is 12.1 Å². The first-order chi connectivity index (χ1) is 17.6. The fraction of sp³-hybridized carbons (Fsp3) is 0.562. The Balaban J connectivity index is 1.59. The Morgan fingerprint density at radius 2 is 1.11 bits per heavy atom. The number of aryl methyl sites for hydroxylation is 2. The van der Waals surface area contributed by atoms with E-state index in [1.807, 2.05) is 36.7 Å². The molecular weight excluding hydrogens is 444 g/mol. The first-order valence-corrected chi connectivity index (χ1v) is 14.3. The maximum atomic E-state index is 10.5. The highest BCUT2D eigenvalue weighted by molar-refractivity contribution is 5.84. The van der Waals surface area contributed by atoms with Gasteiger partial charge in [0.1, 0.15) is 11.5 Å². The van der Waals surface area contributed by atoms with Crippen LogP contribution < -0.4 is 0 Å². The van der Waals surface area contributed by atoms with Gasteiger partial charge in [-0.2, -0.15) is 0 Å². The van der Waals surface area contributed by atoms with Gasteiger partial charge in [0, 0.05) is 23.6 Å². The van der Waals surface area contributed by atoms with Gasteiger partial charge in [-0.15, -0.1) is 0 Å². The van der Waals surface area contributed by atoms with Gasteiger partial charge in [-0.1, -0.05) is 77.3 Å². The fourth-order valence-corrected chi connectivity index (χ4v) is 5.01. The smallest absolute Gasteiger partial charge is 0.124 e. The average Bonchev–Trinajstić information content (AvgIpc) is 2.88. The lowest BCUT2D eigenvalue weighted by Crippen LogP contribution is -2.27. The number of benzene rings is 2. The van der Waals surface area contributed by atoms with Gasteiger partial charge in [0.25, 0.3) is 0 Å². The normalized spacial score (nSPS) is 18.4. The minimum Gasteiger partial charge on any atom is -0.507 e. The molecule has 0 spiro atoms. The van der Waals surface area contributed by atoms with Gasteiger partial charge in [-0.25, -0.2) is 0 Å². The lowest BCUT2D eigenvalue weighted by atomic mass is 9.91. The molecule has 196 valence electrons. The Bertz CT molecular complexity index is 903. The molecule has 0 radical (unpaired) electrons. The summed E-state index contributed by atoms with van der Waals surface area (Å²) in [5.41, 5.74) is 3.92. The molecule has 2 aromatic carbocycles. The monoisotopic (exact) mass is 490 g/mol. The molecule has 0 aliphatic heterocycles. The fourth-order valence-electron chi connectivity index (χ4n) is 5.01. The van der Waals surface area contributed by atoms with E-state index >= 15 is 0 Å². The highest BCUT2D eigenvalue weighted by Crippen LogP contribution is 2.26. The molecule has 4 heteroatoms. The maximum absolute atomic E-state index is 10.5. The Kier molecular flexibility index (Phi) is 12.0. The summed E-state index contributed by atoms with van der Waals surface area (Å²) in [5.74, 6) is 0.615. The number of aliphatic imine (C=N–C) groups is 2. The number of rotatable bonds is 14. The Hall–Kier alpha value is -2.62. The van der Waals surface area contributed by atoms with Crippen LogP contribution >= 0.6 is 0 Å². The molecule has 3 rings (SSSR count). The van der Waals surface area contributed by atoms with E-state index in [2.05, 4.69) is 26.0 Å². The molecule has 1 aliphatic rings. The topological polar surface area (TPSA) is 65.2 Å². The van der Waals surface area contributed by atoms with Crippen LogP contribution in [0, 0.1) is 0 Å².